The Labute approximate surface area is 155 Å². The maximum absolute atomic E-state index is 12.7. The molecule has 0 aliphatic heterocycles. The highest BCUT2D eigenvalue weighted by molar-refractivity contribution is 6.07. The molecule has 6 nitrogen and oxygen atoms in total. The van der Waals surface area contributed by atoms with Crippen molar-refractivity contribution in [1.82, 2.24) is 9.88 Å². The number of hydrogen-bond donors (Lipinski definition) is 1. The first-order chi connectivity index (χ1) is 13.1. The van der Waals surface area contributed by atoms with Gasteiger partial charge in [0.2, 0.25) is 0 Å². The van der Waals surface area contributed by atoms with Crippen LogP contribution in [0, 0.1) is 0 Å². The summed E-state index contributed by atoms with van der Waals surface area (Å²) in [6.45, 7) is 0.354. The average molecular weight is 362 g/mol. The van der Waals surface area contributed by atoms with Gasteiger partial charge in [-0.15, -0.1) is 0 Å². The second kappa shape index (κ2) is 6.64. The summed E-state index contributed by atoms with van der Waals surface area (Å²) in [4.78, 5) is 25.0. The van der Waals surface area contributed by atoms with Gasteiger partial charge in [-0.3, -0.25) is 4.79 Å². The Hall–Kier alpha value is -3.54. The van der Waals surface area contributed by atoms with Gasteiger partial charge in [0.25, 0.3) is 5.91 Å². The molecule has 136 valence electrons. The van der Waals surface area contributed by atoms with Gasteiger partial charge >= 0.3 is 5.63 Å². The molecule has 4 aromatic rings. The third kappa shape index (κ3) is 2.95. The molecule has 0 spiro atoms. The molecule has 0 aliphatic rings. The minimum atomic E-state index is -0.453. The predicted octanol–water partition coefficient (Wildman–Crippen LogP) is 3.22. The lowest BCUT2D eigenvalue weighted by Gasteiger charge is -2.08. The minimum absolute atomic E-state index is 0.264. The standard InChI is InChI=1S/C21H18N2O4/c1-23-17(20(24)22-12-13-6-5-7-14(10-13)26-2)11-16-19(23)15-8-3-4-9-18(15)27-21(16)25/h3-11H,12H2,1-2H3,(H,22,24). The quantitative estimate of drug-likeness (QED) is 0.566. The summed E-state index contributed by atoms with van der Waals surface area (Å²) in [6.07, 6.45) is 0. The first-order valence-electron chi connectivity index (χ1n) is 8.51. The van der Waals surface area contributed by atoms with Crippen LogP contribution in [0.2, 0.25) is 0 Å². The molecule has 1 amide bonds. The molecule has 6 heteroatoms. The fraction of sp³-hybridized carbons (Fsp3) is 0.143. The van der Waals surface area contributed by atoms with E-state index in [9.17, 15) is 9.59 Å². The monoisotopic (exact) mass is 362 g/mol. The first-order valence-corrected chi connectivity index (χ1v) is 8.51. The zero-order valence-corrected chi connectivity index (χ0v) is 15.0. The third-order valence-corrected chi connectivity index (χ3v) is 4.62. The van der Waals surface area contributed by atoms with Gasteiger partial charge < -0.3 is 19.0 Å². The maximum Gasteiger partial charge on any atom is 0.345 e. The van der Waals surface area contributed by atoms with E-state index in [0.29, 0.717) is 28.7 Å². The zero-order valence-electron chi connectivity index (χ0n) is 15.0. The molecule has 0 unspecified atom stereocenters. The minimum Gasteiger partial charge on any atom is -0.497 e. The number of para-hydroxylation sites is 1. The van der Waals surface area contributed by atoms with Crippen molar-refractivity contribution in [2.45, 2.75) is 6.54 Å². The lowest BCUT2D eigenvalue weighted by molar-refractivity contribution is 0.0943. The fourth-order valence-corrected chi connectivity index (χ4v) is 3.26. The number of nitrogens with one attached hydrogen (secondary N) is 1. The van der Waals surface area contributed by atoms with Crippen LogP contribution in [-0.2, 0) is 13.6 Å². The summed E-state index contributed by atoms with van der Waals surface area (Å²) >= 11 is 0. The highest BCUT2D eigenvalue weighted by Gasteiger charge is 2.18. The van der Waals surface area contributed by atoms with Crippen molar-refractivity contribution in [3.63, 3.8) is 0 Å². The number of aryl methyl sites for hydroxylation is 1. The molecule has 0 atom stereocenters. The van der Waals surface area contributed by atoms with E-state index in [1.54, 1.807) is 30.9 Å². The first kappa shape index (κ1) is 16.9. The molecule has 1 N–H and O–H groups in total. The number of hydrogen-bond acceptors (Lipinski definition) is 4. The van der Waals surface area contributed by atoms with E-state index in [2.05, 4.69) is 5.32 Å². The van der Waals surface area contributed by atoms with Crippen molar-refractivity contribution in [2.75, 3.05) is 7.11 Å². The number of rotatable bonds is 4. The molecule has 0 saturated carbocycles. The smallest absolute Gasteiger partial charge is 0.345 e. The molecule has 2 heterocycles. The van der Waals surface area contributed by atoms with Crippen LogP contribution in [0.3, 0.4) is 0 Å². The van der Waals surface area contributed by atoms with Crippen molar-refractivity contribution < 1.29 is 13.9 Å². The van der Waals surface area contributed by atoms with Gasteiger partial charge in [-0.2, -0.15) is 0 Å². The number of ether oxygens (including phenoxy) is 1. The molecule has 2 aromatic carbocycles. The molecule has 4 rings (SSSR count). The lowest BCUT2D eigenvalue weighted by atomic mass is 10.2. The van der Waals surface area contributed by atoms with Crippen LogP contribution in [0.15, 0.2) is 63.8 Å². The van der Waals surface area contributed by atoms with E-state index in [1.807, 2.05) is 42.5 Å². The Morgan fingerprint density at radius 2 is 1.93 bits per heavy atom. The normalized spacial score (nSPS) is 11.0. The van der Waals surface area contributed by atoms with Crippen molar-refractivity contribution >= 4 is 27.8 Å². The lowest BCUT2D eigenvalue weighted by Crippen LogP contribution is -2.24. The van der Waals surface area contributed by atoms with E-state index in [4.69, 9.17) is 9.15 Å². The van der Waals surface area contributed by atoms with Crippen molar-refractivity contribution in [3.05, 3.63) is 76.3 Å². The van der Waals surface area contributed by atoms with Crippen LogP contribution in [0.25, 0.3) is 21.9 Å². The molecule has 0 saturated heterocycles. The Morgan fingerprint density at radius 1 is 1.11 bits per heavy atom. The number of benzene rings is 2. The summed E-state index contributed by atoms with van der Waals surface area (Å²) in [6, 6.07) is 16.4. The molecule has 0 aliphatic carbocycles. The summed E-state index contributed by atoms with van der Waals surface area (Å²) in [7, 11) is 3.37. The van der Waals surface area contributed by atoms with Crippen LogP contribution in [-0.4, -0.2) is 17.6 Å². The molecular formula is C21H18N2O4. The van der Waals surface area contributed by atoms with Gasteiger partial charge in [-0.05, 0) is 35.9 Å². The van der Waals surface area contributed by atoms with Gasteiger partial charge in [-0.1, -0.05) is 24.3 Å². The Bertz CT molecular complexity index is 1220. The van der Waals surface area contributed by atoms with E-state index < -0.39 is 5.63 Å². The largest absolute Gasteiger partial charge is 0.497 e. The van der Waals surface area contributed by atoms with E-state index in [0.717, 1.165) is 16.7 Å². The molecular weight excluding hydrogens is 344 g/mol. The number of methoxy groups -OCH3 is 1. The molecule has 27 heavy (non-hydrogen) atoms. The fourth-order valence-electron chi connectivity index (χ4n) is 3.26. The van der Waals surface area contributed by atoms with Gasteiger partial charge in [0, 0.05) is 19.0 Å². The van der Waals surface area contributed by atoms with Crippen molar-refractivity contribution in [3.8, 4) is 5.75 Å². The molecule has 2 aromatic heterocycles. The highest BCUT2D eigenvalue weighted by atomic mass is 16.5. The predicted molar refractivity (Wildman–Crippen MR) is 103 cm³/mol. The number of carbonyl (C=O) groups is 1. The summed E-state index contributed by atoms with van der Waals surface area (Å²) in [5.74, 6) is 0.468. The van der Waals surface area contributed by atoms with Crippen LogP contribution in [0.4, 0.5) is 0 Å². The number of aromatic nitrogens is 1. The summed E-state index contributed by atoms with van der Waals surface area (Å²) < 4.78 is 12.3. The number of fused-ring (bicyclic) bond motifs is 3. The topological polar surface area (TPSA) is 73.5 Å². The second-order valence-corrected chi connectivity index (χ2v) is 6.27. The summed E-state index contributed by atoms with van der Waals surface area (Å²) in [5, 5.41) is 4.07. The van der Waals surface area contributed by atoms with Crippen LogP contribution in [0.1, 0.15) is 16.1 Å². The number of amides is 1. The van der Waals surface area contributed by atoms with Gasteiger partial charge in [0.15, 0.2) is 0 Å². The van der Waals surface area contributed by atoms with Crippen LogP contribution in [0.5, 0.6) is 5.75 Å². The van der Waals surface area contributed by atoms with Crippen molar-refractivity contribution in [2.24, 2.45) is 7.05 Å². The highest BCUT2D eigenvalue weighted by Crippen LogP contribution is 2.25. The zero-order chi connectivity index (χ0) is 19.0. The Morgan fingerprint density at radius 3 is 2.74 bits per heavy atom. The number of carbonyl (C=O) groups excluding carboxylic acids is 1. The molecule has 0 bridgehead atoms. The SMILES string of the molecule is COc1cccc(CNC(=O)c2cc3c(=O)oc4ccccc4c3n2C)c1. The van der Waals surface area contributed by atoms with Gasteiger partial charge in [0.05, 0.1) is 18.0 Å². The third-order valence-electron chi connectivity index (χ3n) is 4.62. The van der Waals surface area contributed by atoms with Crippen LogP contribution >= 0.6 is 0 Å². The summed E-state index contributed by atoms with van der Waals surface area (Å²) in [5.41, 5.74) is 2.06. The maximum atomic E-state index is 12.7. The van der Waals surface area contributed by atoms with E-state index in [-0.39, 0.29) is 5.91 Å². The van der Waals surface area contributed by atoms with Crippen molar-refractivity contribution in [1.29, 1.82) is 0 Å². The molecule has 0 fully saturated rings. The average Bonchev–Trinajstić information content (AvgIpc) is 3.05. The second-order valence-electron chi connectivity index (χ2n) is 6.27. The van der Waals surface area contributed by atoms with E-state index in [1.165, 1.54) is 0 Å². The molecule has 0 radical (unpaired) electrons. The van der Waals surface area contributed by atoms with Gasteiger partial charge in [0.1, 0.15) is 17.0 Å². The van der Waals surface area contributed by atoms with Crippen LogP contribution < -0.4 is 15.7 Å². The Balaban J connectivity index is 1.70. The Kier molecular flexibility index (Phi) is 4.16. The van der Waals surface area contributed by atoms with E-state index >= 15 is 0 Å². The number of nitrogens with zero attached hydrogens (tertiary/aromatic N) is 1. The van der Waals surface area contributed by atoms with Gasteiger partial charge in [-0.25, -0.2) is 4.79 Å².